The molecule has 0 saturated heterocycles. The van der Waals surface area contributed by atoms with Crippen LogP contribution in [0.1, 0.15) is 76.4 Å². The third-order valence-corrected chi connectivity index (χ3v) is 7.10. The molecule has 0 saturated carbocycles. The highest BCUT2D eigenvalue weighted by Crippen LogP contribution is 2.18. The number of aryl methyl sites for hydroxylation is 1. The maximum atomic E-state index is 12.6. The van der Waals surface area contributed by atoms with E-state index in [1.807, 2.05) is 77.1 Å². The molecule has 11 heteroatoms. The lowest BCUT2D eigenvalue weighted by Gasteiger charge is -2.14. The van der Waals surface area contributed by atoms with Crippen molar-refractivity contribution >= 4 is 34.2 Å². The third-order valence-electron chi connectivity index (χ3n) is 6.20. The molecule has 0 unspecified atom stereocenters. The molecule has 0 fully saturated rings. The molecule has 2 rings (SSSR count). The molecule has 0 aliphatic carbocycles. The molecule has 3 amide bonds. The van der Waals surface area contributed by atoms with Gasteiger partial charge in [0.1, 0.15) is 10.8 Å². The molecule has 240 valence electrons. The summed E-state index contributed by atoms with van der Waals surface area (Å²) in [6.45, 7) is 10.4. The molecule has 0 spiro atoms. The van der Waals surface area contributed by atoms with E-state index in [0.29, 0.717) is 30.2 Å². The molecule has 0 aliphatic rings. The van der Waals surface area contributed by atoms with Crippen LogP contribution in [0, 0.1) is 0 Å². The van der Waals surface area contributed by atoms with Crippen LogP contribution in [0.4, 0.5) is 5.13 Å². The maximum absolute atomic E-state index is 12.6. The monoisotopic (exact) mass is 623 g/mol. The highest BCUT2D eigenvalue weighted by Gasteiger charge is 2.12. The Bertz CT molecular complexity index is 1330. The number of hydrogen-bond donors (Lipinski definition) is 4. The highest BCUT2D eigenvalue weighted by molar-refractivity contribution is 7.15. The molecule has 0 radical (unpaired) electrons. The number of amides is 3. The molecule has 1 aromatic heterocycles. The Morgan fingerprint density at radius 3 is 2.39 bits per heavy atom. The predicted molar refractivity (Wildman–Crippen MR) is 180 cm³/mol. The van der Waals surface area contributed by atoms with Crippen LogP contribution in [0.25, 0.3) is 0 Å². The number of unbranched alkanes of at least 4 members (excludes halogenated alkanes) is 1. The molecule has 0 bridgehead atoms. The van der Waals surface area contributed by atoms with Crippen molar-refractivity contribution in [3.05, 3.63) is 87.9 Å². The number of allylic oxidation sites excluding steroid dienone is 6. The van der Waals surface area contributed by atoms with Crippen molar-refractivity contribution < 1.29 is 14.4 Å². The van der Waals surface area contributed by atoms with Crippen molar-refractivity contribution in [2.75, 3.05) is 18.9 Å². The number of carbonyl (C=O) groups excluding carboxylic acids is 3. The van der Waals surface area contributed by atoms with Gasteiger partial charge in [0.2, 0.25) is 22.9 Å². The van der Waals surface area contributed by atoms with Crippen LogP contribution in [-0.2, 0) is 33.6 Å². The number of benzene rings is 1. The predicted octanol–water partition coefficient (Wildman–Crippen LogP) is 5.15. The van der Waals surface area contributed by atoms with E-state index in [0.717, 1.165) is 41.0 Å². The topological polar surface area (TPSA) is 156 Å². The number of aromatic nitrogens is 2. The minimum Gasteiger partial charge on any atom is -0.402 e. The summed E-state index contributed by atoms with van der Waals surface area (Å²) < 4.78 is 0. The SMILES string of the molecule is C/C=C\C=C(/C)CC(=O)N/C(N)=C/C=C(\N)CCCCc1nnc(NC(=O)Cc2cccc(CC(=O)N(C)CC)c2)s1.CC. The number of nitrogens with two attached hydrogens (primary N) is 2. The van der Waals surface area contributed by atoms with Crippen LogP contribution < -0.4 is 22.1 Å². The van der Waals surface area contributed by atoms with Gasteiger partial charge in [-0.25, -0.2) is 0 Å². The third kappa shape index (κ3) is 15.8. The van der Waals surface area contributed by atoms with Gasteiger partial charge in [-0.05, 0) is 63.3 Å². The van der Waals surface area contributed by atoms with E-state index in [-0.39, 0.29) is 36.4 Å². The van der Waals surface area contributed by atoms with E-state index in [2.05, 4.69) is 20.8 Å². The molecular formula is C33H49N7O3S. The van der Waals surface area contributed by atoms with Crippen molar-refractivity contribution in [1.29, 1.82) is 0 Å². The summed E-state index contributed by atoms with van der Waals surface area (Å²) in [4.78, 5) is 38.5. The minimum absolute atomic E-state index is 0.0426. The van der Waals surface area contributed by atoms with Gasteiger partial charge in [-0.3, -0.25) is 14.4 Å². The smallest absolute Gasteiger partial charge is 0.230 e. The number of nitrogens with zero attached hydrogens (tertiary/aromatic N) is 3. The Hall–Kier alpha value is -4.25. The van der Waals surface area contributed by atoms with E-state index < -0.39 is 0 Å². The Morgan fingerprint density at radius 1 is 1.00 bits per heavy atom. The van der Waals surface area contributed by atoms with Crippen LogP contribution >= 0.6 is 11.3 Å². The summed E-state index contributed by atoms with van der Waals surface area (Å²) in [5.41, 5.74) is 15.3. The molecule has 1 aromatic carbocycles. The van der Waals surface area contributed by atoms with E-state index in [9.17, 15) is 14.4 Å². The van der Waals surface area contributed by atoms with Crippen LogP contribution in [0.5, 0.6) is 0 Å². The molecule has 1 heterocycles. The first-order valence-corrected chi connectivity index (χ1v) is 15.8. The number of anilines is 1. The summed E-state index contributed by atoms with van der Waals surface area (Å²) in [6.07, 6.45) is 12.8. The summed E-state index contributed by atoms with van der Waals surface area (Å²) in [5, 5.41) is 15.0. The number of carbonyl (C=O) groups is 3. The summed E-state index contributed by atoms with van der Waals surface area (Å²) in [7, 11) is 1.77. The highest BCUT2D eigenvalue weighted by atomic mass is 32.1. The van der Waals surface area contributed by atoms with Gasteiger partial charge in [0.25, 0.3) is 0 Å². The van der Waals surface area contributed by atoms with E-state index in [1.165, 1.54) is 11.3 Å². The zero-order valence-corrected chi connectivity index (χ0v) is 27.8. The molecule has 0 aliphatic heterocycles. The lowest BCUT2D eigenvalue weighted by atomic mass is 10.1. The minimum atomic E-state index is -0.187. The van der Waals surface area contributed by atoms with Gasteiger partial charge >= 0.3 is 0 Å². The number of nitrogens with one attached hydrogen (secondary N) is 2. The fourth-order valence-corrected chi connectivity index (χ4v) is 4.59. The normalized spacial score (nSPS) is 12.0. The van der Waals surface area contributed by atoms with Crippen molar-refractivity contribution in [2.45, 2.75) is 79.6 Å². The summed E-state index contributed by atoms with van der Waals surface area (Å²) in [5.74, 6) is -0.0817. The second kappa shape index (κ2) is 21.4. The van der Waals surface area contributed by atoms with Crippen LogP contribution in [0.3, 0.4) is 0 Å². The first-order chi connectivity index (χ1) is 21.1. The van der Waals surface area contributed by atoms with Crippen molar-refractivity contribution in [3.8, 4) is 0 Å². The molecule has 6 N–H and O–H groups in total. The first-order valence-electron chi connectivity index (χ1n) is 15.0. The Balaban J connectivity index is 0.00000474. The molecule has 0 atom stereocenters. The van der Waals surface area contributed by atoms with Gasteiger partial charge in [0, 0.05) is 32.1 Å². The van der Waals surface area contributed by atoms with Crippen molar-refractivity contribution in [3.63, 3.8) is 0 Å². The fraction of sp³-hybridized carbons (Fsp3) is 0.424. The lowest BCUT2D eigenvalue weighted by molar-refractivity contribution is -0.129. The molecule has 2 aromatic rings. The molecule has 44 heavy (non-hydrogen) atoms. The lowest BCUT2D eigenvalue weighted by Crippen LogP contribution is -2.27. The number of rotatable bonds is 16. The van der Waals surface area contributed by atoms with Crippen molar-refractivity contribution in [2.24, 2.45) is 11.5 Å². The molecule has 10 nitrogen and oxygen atoms in total. The molecular weight excluding hydrogens is 574 g/mol. The summed E-state index contributed by atoms with van der Waals surface area (Å²) in [6, 6.07) is 7.51. The second-order valence-corrected chi connectivity index (χ2v) is 11.0. The van der Waals surface area contributed by atoms with Gasteiger partial charge in [-0.1, -0.05) is 73.3 Å². The van der Waals surface area contributed by atoms with Crippen molar-refractivity contribution in [1.82, 2.24) is 20.4 Å². The van der Waals surface area contributed by atoms with Crippen LogP contribution in [0.15, 0.2) is 71.7 Å². The van der Waals surface area contributed by atoms with Crippen LogP contribution in [-0.4, -0.2) is 46.4 Å². The Morgan fingerprint density at radius 2 is 1.70 bits per heavy atom. The quantitative estimate of drug-likeness (QED) is 0.149. The fourth-order valence-electron chi connectivity index (χ4n) is 3.79. The number of hydrogen-bond acceptors (Lipinski definition) is 8. The average molecular weight is 624 g/mol. The van der Waals surface area contributed by atoms with Gasteiger partial charge in [-0.15, -0.1) is 10.2 Å². The van der Waals surface area contributed by atoms with E-state index in [4.69, 9.17) is 11.5 Å². The Kier molecular flexibility index (Phi) is 18.4. The van der Waals surface area contributed by atoms with Gasteiger partial charge in [-0.2, -0.15) is 0 Å². The van der Waals surface area contributed by atoms with Gasteiger partial charge < -0.3 is 27.0 Å². The maximum Gasteiger partial charge on any atom is 0.230 e. The second-order valence-electron chi connectivity index (χ2n) is 9.97. The first kappa shape index (κ1) is 37.8. The van der Waals surface area contributed by atoms with Crippen LogP contribution in [0.2, 0.25) is 0 Å². The zero-order valence-electron chi connectivity index (χ0n) is 27.0. The Labute approximate surface area is 266 Å². The standard InChI is InChI=1S/C31H43N7O3S.C2H6/c1-5-7-11-22(3)18-27(39)34-26(33)17-16-25(32)14-8-9-15-29-36-37-31(42-29)35-28(40)20-23-12-10-13-24(19-23)21-30(41)38(4)6-2;1-2/h5,7,10-13,16-17,19H,6,8-9,14-15,18,20-21,32-33H2,1-4H3,(H,34,39)(H,35,37,40);1-2H3/b7-5-,22-11+,25-16-,26-17+;. The van der Waals surface area contributed by atoms with Gasteiger partial charge in [0.15, 0.2) is 0 Å². The van der Waals surface area contributed by atoms with E-state index >= 15 is 0 Å². The van der Waals surface area contributed by atoms with E-state index in [1.54, 1.807) is 24.1 Å². The summed E-state index contributed by atoms with van der Waals surface area (Å²) >= 11 is 1.35. The zero-order chi connectivity index (χ0) is 32.9. The average Bonchev–Trinajstić information content (AvgIpc) is 3.44. The van der Waals surface area contributed by atoms with Gasteiger partial charge in [0.05, 0.1) is 12.8 Å². The number of likely N-dealkylation sites (N-methyl/N-ethyl adjacent to an activating group) is 1. The largest absolute Gasteiger partial charge is 0.402 e.